The second kappa shape index (κ2) is 5.99. The summed E-state index contributed by atoms with van der Waals surface area (Å²) in [6, 6.07) is 1.22. The van der Waals surface area contributed by atoms with Crippen molar-refractivity contribution in [1.82, 2.24) is 10.2 Å². The fourth-order valence-electron chi connectivity index (χ4n) is 2.17. The van der Waals surface area contributed by atoms with Crippen LogP contribution in [0.4, 0.5) is 0 Å². The normalized spacial score (nSPS) is 22.3. The second-order valence-electron chi connectivity index (χ2n) is 5.94. The van der Waals surface area contributed by atoms with Gasteiger partial charge in [-0.3, -0.25) is 4.90 Å². The molecule has 0 saturated carbocycles. The molecule has 1 atom stereocenters. The van der Waals surface area contributed by atoms with E-state index >= 15 is 0 Å². The molecule has 0 amide bonds. The summed E-state index contributed by atoms with van der Waals surface area (Å²) in [5.41, 5.74) is -0.545. The lowest BCUT2D eigenvalue weighted by Crippen LogP contribution is -2.43. The maximum atomic E-state index is 9.77. The molecule has 0 aromatic heterocycles. The minimum Gasteiger partial charge on any atom is -0.390 e. The van der Waals surface area contributed by atoms with Crippen molar-refractivity contribution >= 4 is 0 Å². The van der Waals surface area contributed by atoms with Crippen molar-refractivity contribution in [2.75, 3.05) is 19.6 Å². The van der Waals surface area contributed by atoms with Gasteiger partial charge in [-0.2, -0.15) is 0 Å². The smallest absolute Gasteiger partial charge is 0.0603 e. The maximum absolute atomic E-state index is 9.77. The van der Waals surface area contributed by atoms with Crippen LogP contribution >= 0.6 is 0 Å². The number of rotatable bonds is 6. The summed E-state index contributed by atoms with van der Waals surface area (Å²) in [5, 5.41) is 13.3. The molecule has 3 nitrogen and oxygen atoms in total. The van der Waals surface area contributed by atoms with Crippen LogP contribution in [0.3, 0.4) is 0 Å². The van der Waals surface area contributed by atoms with Gasteiger partial charge in [0.25, 0.3) is 0 Å². The topological polar surface area (TPSA) is 35.5 Å². The van der Waals surface area contributed by atoms with E-state index in [9.17, 15) is 5.11 Å². The number of nitrogens with zero attached hydrogens (tertiary/aromatic N) is 1. The molecule has 96 valence electrons. The molecular weight excluding hydrogens is 200 g/mol. The number of nitrogens with one attached hydrogen (secondary N) is 1. The molecule has 1 rings (SSSR count). The Balaban J connectivity index is 2.35. The Bertz CT molecular complexity index is 193. The largest absolute Gasteiger partial charge is 0.390 e. The van der Waals surface area contributed by atoms with Gasteiger partial charge in [0.1, 0.15) is 0 Å². The molecule has 0 spiro atoms. The van der Waals surface area contributed by atoms with E-state index in [0.717, 1.165) is 19.5 Å². The van der Waals surface area contributed by atoms with Crippen LogP contribution in [0.2, 0.25) is 0 Å². The molecule has 16 heavy (non-hydrogen) atoms. The van der Waals surface area contributed by atoms with Crippen molar-refractivity contribution in [3.63, 3.8) is 0 Å². The number of aliphatic hydroxyl groups is 1. The van der Waals surface area contributed by atoms with Crippen molar-refractivity contribution in [2.45, 2.75) is 64.6 Å². The summed E-state index contributed by atoms with van der Waals surface area (Å²) >= 11 is 0. The predicted octanol–water partition coefficient (Wildman–Crippen LogP) is 1.61. The Labute approximate surface area is 100 Å². The molecule has 0 aromatic rings. The van der Waals surface area contributed by atoms with Gasteiger partial charge in [-0.1, -0.05) is 0 Å². The first-order chi connectivity index (χ1) is 7.38. The first-order valence-corrected chi connectivity index (χ1v) is 6.58. The molecule has 1 heterocycles. The first kappa shape index (κ1) is 13.9. The third-order valence-corrected chi connectivity index (χ3v) is 3.36. The Morgan fingerprint density at radius 3 is 2.56 bits per heavy atom. The maximum Gasteiger partial charge on any atom is 0.0603 e. The average Bonchev–Trinajstić information content (AvgIpc) is 2.62. The Kier molecular flexibility index (Phi) is 5.22. The van der Waals surface area contributed by atoms with Crippen LogP contribution in [0.1, 0.15) is 47.0 Å². The predicted molar refractivity (Wildman–Crippen MR) is 68.6 cm³/mol. The van der Waals surface area contributed by atoms with Crippen molar-refractivity contribution in [3.05, 3.63) is 0 Å². The zero-order valence-electron chi connectivity index (χ0n) is 11.3. The fraction of sp³-hybridized carbons (Fsp3) is 1.00. The van der Waals surface area contributed by atoms with Gasteiger partial charge in [0.2, 0.25) is 0 Å². The van der Waals surface area contributed by atoms with E-state index in [1.54, 1.807) is 0 Å². The third kappa shape index (κ3) is 5.28. The molecule has 1 saturated heterocycles. The fourth-order valence-corrected chi connectivity index (χ4v) is 2.17. The molecule has 0 radical (unpaired) electrons. The van der Waals surface area contributed by atoms with Gasteiger partial charge in [-0.15, -0.1) is 0 Å². The highest BCUT2D eigenvalue weighted by molar-refractivity contribution is 4.80. The summed E-state index contributed by atoms with van der Waals surface area (Å²) in [4.78, 5) is 2.47. The van der Waals surface area contributed by atoms with Gasteiger partial charge < -0.3 is 10.4 Å². The Morgan fingerprint density at radius 1 is 1.44 bits per heavy atom. The molecule has 2 N–H and O–H groups in total. The molecule has 1 aliphatic heterocycles. The van der Waals surface area contributed by atoms with Gasteiger partial charge in [-0.25, -0.2) is 0 Å². The van der Waals surface area contributed by atoms with E-state index in [1.165, 1.54) is 19.4 Å². The lowest BCUT2D eigenvalue weighted by molar-refractivity contribution is 0.0517. The van der Waals surface area contributed by atoms with Crippen LogP contribution in [0.5, 0.6) is 0 Å². The minimum absolute atomic E-state index is 0.545. The molecular formula is C13H28N2O. The summed E-state index contributed by atoms with van der Waals surface area (Å²) in [7, 11) is 0. The standard InChI is InChI=1S/C13H28N2O/c1-11(2)15(9-7-13(3,4)16)10-12-6-5-8-14-12/h11-12,14,16H,5-10H2,1-4H3. The van der Waals surface area contributed by atoms with Crippen LogP contribution in [0.15, 0.2) is 0 Å². The van der Waals surface area contributed by atoms with Gasteiger partial charge >= 0.3 is 0 Å². The lowest BCUT2D eigenvalue weighted by Gasteiger charge is -2.31. The van der Waals surface area contributed by atoms with Gasteiger partial charge in [0.15, 0.2) is 0 Å². The van der Waals surface area contributed by atoms with E-state index in [2.05, 4.69) is 24.1 Å². The van der Waals surface area contributed by atoms with E-state index < -0.39 is 5.60 Å². The SMILES string of the molecule is CC(C)N(CCC(C)(C)O)CC1CCCN1. The van der Waals surface area contributed by atoms with E-state index in [0.29, 0.717) is 12.1 Å². The van der Waals surface area contributed by atoms with Crippen LogP contribution in [0.25, 0.3) is 0 Å². The highest BCUT2D eigenvalue weighted by atomic mass is 16.3. The van der Waals surface area contributed by atoms with E-state index in [1.807, 2.05) is 13.8 Å². The van der Waals surface area contributed by atoms with Crippen molar-refractivity contribution < 1.29 is 5.11 Å². The average molecular weight is 228 g/mol. The van der Waals surface area contributed by atoms with Crippen molar-refractivity contribution in [2.24, 2.45) is 0 Å². The molecule has 0 aromatic carbocycles. The first-order valence-electron chi connectivity index (χ1n) is 6.58. The zero-order chi connectivity index (χ0) is 12.2. The van der Waals surface area contributed by atoms with E-state index in [4.69, 9.17) is 0 Å². The van der Waals surface area contributed by atoms with Crippen LogP contribution in [-0.4, -0.2) is 47.3 Å². The van der Waals surface area contributed by atoms with Crippen LogP contribution in [-0.2, 0) is 0 Å². The summed E-state index contributed by atoms with van der Waals surface area (Å²) < 4.78 is 0. The highest BCUT2D eigenvalue weighted by Crippen LogP contribution is 2.13. The second-order valence-corrected chi connectivity index (χ2v) is 5.94. The molecule has 1 aliphatic rings. The van der Waals surface area contributed by atoms with Crippen LogP contribution in [0, 0.1) is 0 Å². The van der Waals surface area contributed by atoms with Gasteiger partial charge in [-0.05, 0) is 53.5 Å². The van der Waals surface area contributed by atoms with Crippen molar-refractivity contribution in [3.8, 4) is 0 Å². The van der Waals surface area contributed by atoms with Crippen LogP contribution < -0.4 is 5.32 Å². The zero-order valence-corrected chi connectivity index (χ0v) is 11.3. The Hall–Kier alpha value is -0.120. The monoisotopic (exact) mass is 228 g/mol. The van der Waals surface area contributed by atoms with E-state index in [-0.39, 0.29) is 0 Å². The quantitative estimate of drug-likeness (QED) is 0.725. The summed E-state index contributed by atoms with van der Waals surface area (Å²) in [5.74, 6) is 0. The van der Waals surface area contributed by atoms with Crippen molar-refractivity contribution in [1.29, 1.82) is 0 Å². The highest BCUT2D eigenvalue weighted by Gasteiger charge is 2.21. The minimum atomic E-state index is -0.545. The summed E-state index contributed by atoms with van der Waals surface area (Å²) in [6.07, 6.45) is 3.45. The summed E-state index contributed by atoms with van der Waals surface area (Å²) in [6.45, 7) is 11.5. The van der Waals surface area contributed by atoms with Gasteiger partial charge in [0, 0.05) is 25.2 Å². The molecule has 1 fully saturated rings. The lowest BCUT2D eigenvalue weighted by atomic mass is 10.0. The molecule has 0 bridgehead atoms. The molecule has 3 heteroatoms. The van der Waals surface area contributed by atoms with Gasteiger partial charge in [0.05, 0.1) is 5.60 Å². The third-order valence-electron chi connectivity index (χ3n) is 3.36. The number of hydrogen-bond acceptors (Lipinski definition) is 3. The molecule has 1 unspecified atom stereocenters. The number of hydrogen-bond donors (Lipinski definition) is 2. The Morgan fingerprint density at radius 2 is 2.12 bits per heavy atom. The molecule has 0 aliphatic carbocycles.